The number of hydrogen-bond donors (Lipinski definition) is 1. The SMILES string of the molecule is COc1c(F)c(F)c(C(=O)Nc2cccc(F)c2)c(F)c1F. The Kier molecular flexibility index (Phi) is 4.30. The Balaban J connectivity index is 2.46. The fourth-order valence-electron chi connectivity index (χ4n) is 1.75. The van der Waals surface area contributed by atoms with E-state index in [9.17, 15) is 26.7 Å². The van der Waals surface area contributed by atoms with Crippen molar-refractivity contribution in [2.75, 3.05) is 12.4 Å². The molecule has 0 aliphatic heterocycles. The molecule has 0 aliphatic carbocycles. The topological polar surface area (TPSA) is 38.3 Å². The molecular formula is C14H8F5NO2. The number of amides is 1. The van der Waals surface area contributed by atoms with E-state index in [2.05, 4.69) is 4.74 Å². The van der Waals surface area contributed by atoms with E-state index in [1.807, 2.05) is 5.32 Å². The molecule has 116 valence electrons. The first-order valence-electron chi connectivity index (χ1n) is 5.83. The third kappa shape index (κ3) is 2.72. The summed E-state index contributed by atoms with van der Waals surface area (Å²) in [4.78, 5) is 11.8. The van der Waals surface area contributed by atoms with Crippen LogP contribution in [-0.4, -0.2) is 13.0 Å². The van der Waals surface area contributed by atoms with Crippen molar-refractivity contribution in [1.29, 1.82) is 0 Å². The standard InChI is InChI=1S/C14H8F5NO2/c1-22-13-11(18)9(16)8(10(17)12(13)19)14(21)20-7-4-2-3-6(15)5-7/h2-5H,1H3,(H,20,21). The Morgan fingerprint density at radius 3 is 2.09 bits per heavy atom. The van der Waals surface area contributed by atoms with E-state index in [0.717, 1.165) is 19.2 Å². The molecule has 8 heteroatoms. The minimum Gasteiger partial charge on any atom is -0.491 e. The van der Waals surface area contributed by atoms with Crippen molar-refractivity contribution in [3.63, 3.8) is 0 Å². The number of carbonyl (C=O) groups is 1. The molecule has 0 bridgehead atoms. The number of halogens is 5. The highest BCUT2D eigenvalue weighted by Gasteiger charge is 2.30. The summed E-state index contributed by atoms with van der Waals surface area (Å²) in [6.07, 6.45) is 0. The van der Waals surface area contributed by atoms with E-state index in [1.165, 1.54) is 12.1 Å². The third-order valence-electron chi connectivity index (χ3n) is 2.74. The second-order valence-corrected chi connectivity index (χ2v) is 4.13. The van der Waals surface area contributed by atoms with Gasteiger partial charge in [0.15, 0.2) is 17.4 Å². The van der Waals surface area contributed by atoms with Crippen LogP contribution in [0.5, 0.6) is 5.75 Å². The second-order valence-electron chi connectivity index (χ2n) is 4.13. The molecule has 0 saturated heterocycles. The predicted molar refractivity (Wildman–Crippen MR) is 67.2 cm³/mol. The van der Waals surface area contributed by atoms with Crippen molar-refractivity contribution >= 4 is 11.6 Å². The lowest BCUT2D eigenvalue weighted by molar-refractivity contribution is 0.101. The largest absolute Gasteiger partial charge is 0.491 e. The summed E-state index contributed by atoms with van der Waals surface area (Å²) in [7, 11) is 0.812. The molecule has 0 aliphatic rings. The van der Waals surface area contributed by atoms with Crippen LogP contribution in [0.2, 0.25) is 0 Å². The molecule has 1 amide bonds. The van der Waals surface area contributed by atoms with Gasteiger partial charge in [-0.15, -0.1) is 0 Å². The number of benzene rings is 2. The fourth-order valence-corrected chi connectivity index (χ4v) is 1.75. The van der Waals surface area contributed by atoms with E-state index in [1.54, 1.807) is 0 Å². The number of methoxy groups -OCH3 is 1. The zero-order chi connectivity index (χ0) is 16.4. The summed E-state index contributed by atoms with van der Waals surface area (Å²) >= 11 is 0. The maximum absolute atomic E-state index is 13.7. The molecule has 2 aromatic rings. The van der Waals surface area contributed by atoms with Gasteiger partial charge in [0.25, 0.3) is 5.91 Å². The smallest absolute Gasteiger partial charge is 0.261 e. The summed E-state index contributed by atoms with van der Waals surface area (Å²) in [5, 5.41) is 1.94. The molecule has 0 spiro atoms. The molecule has 2 aromatic carbocycles. The van der Waals surface area contributed by atoms with Crippen LogP contribution in [0, 0.1) is 29.1 Å². The van der Waals surface area contributed by atoms with Gasteiger partial charge in [-0.2, -0.15) is 8.78 Å². The van der Waals surface area contributed by atoms with Crippen LogP contribution in [0.15, 0.2) is 24.3 Å². The molecular weight excluding hydrogens is 309 g/mol. The third-order valence-corrected chi connectivity index (χ3v) is 2.74. The van der Waals surface area contributed by atoms with Gasteiger partial charge < -0.3 is 10.1 Å². The van der Waals surface area contributed by atoms with E-state index in [-0.39, 0.29) is 5.69 Å². The van der Waals surface area contributed by atoms with Gasteiger partial charge in [0.1, 0.15) is 11.4 Å². The highest BCUT2D eigenvalue weighted by Crippen LogP contribution is 2.30. The number of nitrogens with one attached hydrogen (secondary N) is 1. The molecule has 0 aromatic heterocycles. The first-order chi connectivity index (χ1) is 10.4. The second kappa shape index (κ2) is 6.00. The normalized spacial score (nSPS) is 10.5. The van der Waals surface area contributed by atoms with Gasteiger partial charge in [-0.25, -0.2) is 13.2 Å². The molecule has 3 nitrogen and oxygen atoms in total. The highest BCUT2D eigenvalue weighted by molar-refractivity contribution is 6.04. The Hall–Kier alpha value is -2.64. The van der Waals surface area contributed by atoms with Crippen LogP contribution >= 0.6 is 0 Å². The average molecular weight is 317 g/mol. The lowest BCUT2D eigenvalue weighted by Crippen LogP contribution is -2.18. The number of rotatable bonds is 3. The molecule has 0 radical (unpaired) electrons. The molecule has 2 rings (SSSR count). The number of ether oxygens (including phenoxy) is 1. The minimum atomic E-state index is -1.91. The molecule has 22 heavy (non-hydrogen) atoms. The van der Waals surface area contributed by atoms with Crippen molar-refractivity contribution in [2.24, 2.45) is 0 Å². The molecule has 1 N–H and O–H groups in total. The van der Waals surface area contributed by atoms with Crippen molar-refractivity contribution in [2.45, 2.75) is 0 Å². The van der Waals surface area contributed by atoms with E-state index in [4.69, 9.17) is 0 Å². The quantitative estimate of drug-likeness (QED) is 0.693. The van der Waals surface area contributed by atoms with Crippen molar-refractivity contribution in [3.05, 3.63) is 58.9 Å². The summed E-state index contributed by atoms with van der Waals surface area (Å²) in [5.41, 5.74) is -1.61. The zero-order valence-electron chi connectivity index (χ0n) is 11.0. The lowest BCUT2D eigenvalue weighted by Gasteiger charge is -2.11. The molecule has 0 fully saturated rings. The number of anilines is 1. The van der Waals surface area contributed by atoms with Crippen LogP contribution < -0.4 is 10.1 Å². The van der Waals surface area contributed by atoms with Crippen LogP contribution in [0.4, 0.5) is 27.6 Å². The first kappa shape index (κ1) is 15.7. The van der Waals surface area contributed by atoms with Crippen LogP contribution in [0.25, 0.3) is 0 Å². The zero-order valence-corrected chi connectivity index (χ0v) is 11.0. The van der Waals surface area contributed by atoms with Crippen LogP contribution in [-0.2, 0) is 0 Å². The van der Waals surface area contributed by atoms with Crippen molar-refractivity contribution in [1.82, 2.24) is 0 Å². The maximum atomic E-state index is 13.7. The summed E-state index contributed by atoms with van der Waals surface area (Å²) in [5.74, 6) is -11.0. The Labute approximate surface area is 121 Å². The van der Waals surface area contributed by atoms with Gasteiger partial charge in [0.2, 0.25) is 11.6 Å². The van der Waals surface area contributed by atoms with Gasteiger partial charge >= 0.3 is 0 Å². The Bertz CT molecular complexity index is 719. The molecule has 0 unspecified atom stereocenters. The minimum absolute atomic E-state index is 0.138. The van der Waals surface area contributed by atoms with Crippen molar-refractivity contribution < 1.29 is 31.5 Å². The monoisotopic (exact) mass is 317 g/mol. The molecule has 0 heterocycles. The summed E-state index contributed by atoms with van der Waals surface area (Å²) in [6, 6.07) is 4.40. The van der Waals surface area contributed by atoms with E-state index < -0.39 is 46.3 Å². The van der Waals surface area contributed by atoms with Gasteiger partial charge in [-0.3, -0.25) is 4.79 Å². The molecule has 0 saturated carbocycles. The Morgan fingerprint density at radius 1 is 1.00 bits per heavy atom. The van der Waals surface area contributed by atoms with Gasteiger partial charge in [0.05, 0.1) is 7.11 Å². The Morgan fingerprint density at radius 2 is 1.59 bits per heavy atom. The van der Waals surface area contributed by atoms with E-state index in [0.29, 0.717) is 0 Å². The summed E-state index contributed by atoms with van der Waals surface area (Å²) < 4.78 is 71.7. The molecule has 0 atom stereocenters. The average Bonchev–Trinajstić information content (AvgIpc) is 2.46. The van der Waals surface area contributed by atoms with Gasteiger partial charge in [0, 0.05) is 5.69 Å². The number of hydrogen-bond acceptors (Lipinski definition) is 2. The van der Waals surface area contributed by atoms with Gasteiger partial charge in [-0.05, 0) is 18.2 Å². The highest BCUT2D eigenvalue weighted by atomic mass is 19.2. The van der Waals surface area contributed by atoms with Crippen LogP contribution in [0.3, 0.4) is 0 Å². The number of carbonyl (C=O) groups excluding carboxylic acids is 1. The van der Waals surface area contributed by atoms with Crippen molar-refractivity contribution in [3.8, 4) is 5.75 Å². The predicted octanol–water partition coefficient (Wildman–Crippen LogP) is 3.64. The van der Waals surface area contributed by atoms with E-state index >= 15 is 0 Å². The fraction of sp³-hybridized carbons (Fsp3) is 0.0714. The first-order valence-corrected chi connectivity index (χ1v) is 5.83. The lowest BCUT2D eigenvalue weighted by atomic mass is 10.1. The van der Waals surface area contributed by atoms with Gasteiger partial charge in [-0.1, -0.05) is 6.07 Å². The summed E-state index contributed by atoms with van der Waals surface area (Å²) in [6.45, 7) is 0. The van der Waals surface area contributed by atoms with Crippen LogP contribution in [0.1, 0.15) is 10.4 Å². The maximum Gasteiger partial charge on any atom is 0.261 e.